The molecule has 0 aliphatic carbocycles. The van der Waals surface area contributed by atoms with Crippen LogP contribution in [0.5, 0.6) is 0 Å². The molecule has 3 nitrogen and oxygen atoms in total. The zero-order valence-electron chi connectivity index (χ0n) is 6.67. The summed E-state index contributed by atoms with van der Waals surface area (Å²) >= 11 is 1.88. The summed E-state index contributed by atoms with van der Waals surface area (Å²) in [5, 5.41) is 2.89. The maximum Gasteiger partial charge on any atom is 0.236 e. The van der Waals surface area contributed by atoms with Gasteiger partial charge < -0.3 is 11.1 Å². The fraction of sp³-hybridized carbons (Fsp3) is 0.857. The summed E-state index contributed by atoms with van der Waals surface area (Å²) in [6.07, 6.45) is 1.09. The Morgan fingerprint density at radius 1 is 1.82 bits per heavy atom. The van der Waals surface area contributed by atoms with Crippen molar-refractivity contribution >= 4 is 17.7 Å². The lowest BCUT2D eigenvalue weighted by atomic mass is 10.2. The summed E-state index contributed by atoms with van der Waals surface area (Å²) in [7, 11) is 0. The van der Waals surface area contributed by atoms with Gasteiger partial charge in [0.2, 0.25) is 5.91 Å². The average molecular weight is 174 g/mol. The Balaban J connectivity index is 2.24. The standard InChI is InChI=1S/C7H14N2OS/c1-5(8)7(10)9-6-2-3-11-4-6/h5-6H,2-4,8H2,1H3,(H,9,10)/t5-,6?/m1/s1. The highest BCUT2D eigenvalue weighted by atomic mass is 32.2. The molecule has 1 rings (SSSR count). The molecule has 0 aromatic carbocycles. The maximum atomic E-state index is 11.1. The normalized spacial score (nSPS) is 26.5. The van der Waals surface area contributed by atoms with E-state index in [1.54, 1.807) is 6.92 Å². The number of amides is 1. The number of nitrogens with one attached hydrogen (secondary N) is 1. The molecule has 4 heteroatoms. The van der Waals surface area contributed by atoms with E-state index >= 15 is 0 Å². The van der Waals surface area contributed by atoms with E-state index in [-0.39, 0.29) is 11.9 Å². The van der Waals surface area contributed by atoms with E-state index in [2.05, 4.69) is 5.32 Å². The van der Waals surface area contributed by atoms with Crippen molar-refractivity contribution in [2.75, 3.05) is 11.5 Å². The van der Waals surface area contributed by atoms with Crippen molar-refractivity contribution in [2.45, 2.75) is 25.4 Å². The second-order valence-corrected chi connectivity index (χ2v) is 4.01. The number of rotatable bonds is 2. The van der Waals surface area contributed by atoms with Crippen molar-refractivity contribution in [3.8, 4) is 0 Å². The van der Waals surface area contributed by atoms with E-state index in [9.17, 15) is 4.79 Å². The van der Waals surface area contributed by atoms with Crippen LogP contribution < -0.4 is 11.1 Å². The topological polar surface area (TPSA) is 55.1 Å². The minimum Gasteiger partial charge on any atom is -0.351 e. The van der Waals surface area contributed by atoms with Gasteiger partial charge in [0.05, 0.1) is 6.04 Å². The average Bonchev–Trinajstić information content (AvgIpc) is 2.39. The van der Waals surface area contributed by atoms with E-state index in [0.29, 0.717) is 6.04 Å². The third kappa shape index (κ3) is 2.71. The summed E-state index contributed by atoms with van der Waals surface area (Å²) in [4.78, 5) is 11.1. The van der Waals surface area contributed by atoms with Crippen LogP contribution in [0.4, 0.5) is 0 Å². The third-order valence-electron chi connectivity index (χ3n) is 1.69. The molecule has 3 N–H and O–H groups in total. The Morgan fingerprint density at radius 2 is 2.55 bits per heavy atom. The second-order valence-electron chi connectivity index (χ2n) is 2.86. The van der Waals surface area contributed by atoms with Crippen LogP contribution in [0.3, 0.4) is 0 Å². The molecule has 11 heavy (non-hydrogen) atoms. The molecule has 0 spiro atoms. The lowest BCUT2D eigenvalue weighted by molar-refractivity contribution is -0.122. The Hall–Kier alpha value is -0.220. The molecular formula is C7H14N2OS. The van der Waals surface area contributed by atoms with E-state index in [1.807, 2.05) is 11.8 Å². The van der Waals surface area contributed by atoms with Crippen LogP contribution in [-0.2, 0) is 4.79 Å². The highest BCUT2D eigenvalue weighted by molar-refractivity contribution is 7.99. The van der Waals surface area contributed by atoms with Crippen LogP contribution >= 0.6 is 11.8 Å². The largest absolute Gasteiger partial charge is 0.351 e. The van der Waals surface area contributed by atoms with Crippen LogP contribution in [-0.4, -0.2) is 29.5 Å². The third-order valence-corrected chi connectivity index (χ3v) is 2.85. The van der Waals surface area contributed by atoms with Crippen LogP contribution in [0.25, 0.3) is 0 Å². The van der Waals surface area contributed by atoms with Gasteiger partial charge in [-0.05, 0) is 19.1 Å². The summed E-state index contributed by atoms with van der Waals surface area (Å²) in [6, 6.07) is -0.0147. The summed E-state index contributed by atoms with van der Waals surface area (Å²) < 4.78 is 0. The Morgan fingerprint density at radius 3 is 3.00 bits per heavy atom. The van der Waals surface area contributed by atoms with Gasteiger partial charge >= 0.3 is 0 Å². The lowest BCUT2D eigenvalue weighted by Gasteiger charge is -2.12. The fourth-order valence-corrected chi connectivity index (χ4v) is 2.13. The quantitative estimate of drug-likeness (QED) is 0.617. The van der Waals surface area contributed by atoms with Crippen LogP contribution in [0.2, 0.25) is 0 Å². The van der Waals surface area contributed by atoms with E-state index in [4.69, 9.17) is 5.73 Å². The van der Waals surface area contributed by atoms with Crippen molar-refractivity contribution in [2.24, 2.45) is 5.73 Å². The van der Waals surface area contributed by atoms with Crippen LogP contribution in [0, 0.1) is 0 Å². The van der Waals surface area contributed by atoms with Crippen molar-refractivity contribution in [1.29, 1.82) is 0 Å². The molecule has 0 aromatic heterocycles. The molecule has 1 heterocycles. The minimum atomic E-state index is -0.374. The minimum absolute atomic E-state index is 0.0301. The molecule has 0 radical (unpaired) electrons. The number of nitrogens with two attached hydrogens (primary N) is 1. The van der Waals surface area contributed by atoms with Gasteiger partial charge in [0.1, 0.15) is 0 Å². The number of carbonyl (C=O) groups excluding carboxylic acids is 1. The number of hydrogen-bond acceptors (Lipinski definition) is 3. The van der Waals surface area contributed by atoms with Crippen molar-refractivity contribution < 1.29 is 4.79 Å². The monoisotopic (exact) mass is 174 g/mol. The second kappa shape index (κ2) is 3.97. The summed E-state index contributed by atoms with van der Waals surface area (Å²) in [5.74, 6) is 2.17. The molecular weight excluding hydrogens is 160 g/mol. The van der Waals surface area contributed by atoms with Crippen LogP contribution in [0.15, 0.2) is 0 Å². The smallest absolute Gasteiger partial charge is 0.236 e. The zero-order valence-corrected chi connectivity index (χ0v) is 7.49. The zero-order chi connectivity index (χ0) is 8.27. The summed E-state index contributed by atoms with van der Waals surface area (Å²) in [5.41, 5.74) is 5.40. The van der Waals surface area contributed by atoms with Gasteiger partial charge in [-0.2, -0.15) is 11.8 Å². The maximum absolute atomic E-state index is 11.1. The summed E-state index contributed by atoms with van der Waals surface area (Å²) in [6.45, 7) is 1.71. The molecule has 0 bridgehead atoms. The highest BCUT2D eigenvalue weighted by Gasteiger charge is 2.18. The first-order chi connectivity index (χ1) is 5.20. The number of hydrogen-bond donors (Lipinski definition) is 2. The van der Waals surface area contributed by atoms with Gasteiger partial charge in [0.25, 0.3) is 0 Å². The Bertz CT molecular complexity index is 143. The van der Waals surface area contributed by atoms with Crippen molar-refractivity contribution in [3.63, 3.8) is 0 Å². The Kier molecular flexibility index (Phi) is 3.20. The molecule has 2 atom stereocenters. The van der Waals surface area contributed by atoms with Crippen molar-refractivity contribution in [1.82, 2.24) is 5.32 Å². The van der Waals surface area contributed by atoms with Gasteiger partial charge in [-0.3, -0.25) is 4.79 Å². The van der Waals surface area contributed by atoms with Gasteiger partial charge in [-0.15, -0.1) is 0 Å². The predicted molar refractivity (Wildman–Crippen MR) is 47.5 cm³/mol. The first-order valence-electron chi connectivity index (χ1n) is 3.84. The molecule has 1 unspecified atom stereocenters. The molecule has 1 aliphatic heterocycles. The van der Waals surface area contributed by atoms with E-state index in [1.165, 1.54) is 0 Å². The predicted octanol–water partition coefficient (Wildman–Crippen LogP) is -0.0447. The molecule has 0 saturated carbocycles. The SMILES string of the molecule is C[C@@H](N)C(=O)NC1CCSC1. The van der Waals surface area contributed by atoms with Gasteiger partial charge in [-0.25, -0.2) is 0 Å². The van der Waals surface area contributed by atoms with E-state index in [0.717, 1.165) is 17.9 Å². The molecule has 0 aromatic rings. The molecule has 64 valence electrons. The lowest BCUT2D eigenvalue weighted by Crippen LogP contribution is -2.43. The van der Waals surface area contributed by atoms with Gasteiger partial charge in [0, 0.05) is 11.8 Å². The molecule has 1 saturated heterocycles. The van der Waals surface area contributed by atoms with Crippen molar-refractivity contribution in [3.05, 3.63) is 0 Å². The molecule has 1 amide bonds. The van der Waals surface area contributed by atoms with Gasteiger partial charge in [0.15, 0.2) is 0 Å². The first-order valence-corrected chi connectivity index (χ1v) is 4.99. The highest BCUT2D eigenvalue weighted by Crippen LogP contribution is 2.16. The Labute approximate surface area is 71.1 Å². The number of thioether (sulfide) groups is 1. The van der Waals surface area contributed by atoms with E-state index < -0.39 is 0 Å². The van der Waals surface area contributed by atoms with Gasteiger partial charge in [-0.1, -0.05) is 0 Å². The molecule has 1 fully saturated rings. The first kappa shape index (κ1) is 8.87. The molecule has 1 aliphatic rings. The van der Waals surface area contributed by atoms with Crippen LogP contribution in [0.1, 0.15) is 13.3 Å². The number of carbonyl (C=O) groups is 1. The fourth-order valence-electron chi connectivity index (χ4n) is 0.981.